The second-order valence-corrected chi connectivity index (χ2v) is 6.48. The van der Waals surface area contributed by atoms with E-state index in [1.54, 1.807) is 7.05 Å². The van der Waals surface area contributed by atoms with Gasteiger partial charge in [-0.25, -0.2) is 18.7 Å². The van der Waals surface area contributed by atoms with Crippen LogP contribution in [0.15, 0.2) is 22.7 Å². The van der Waals surface area contributed by atoms with Crippen molar-refractivity contribution in [1.29, 1.82) is 0 Å². The van der Waals surface area contributed by atoms with Gasteiger partial charge in [0.1, 0.15) is 5.82 Å². The van der Waals surface area contributed by atoms with Crippen LogP contribution in [0.5, 0.6) is 0 Å². The Morgan fingerprint density at radius 3 is 2.29 bits per heavy atom. The maximum absolute atomic E-state index is 13.4. The first-order valence-corrected chi connectivity index (χ1v) is 7.24. The third-order valence-corrected chi connectivity index (χ3v) is 3.73. The number of nitrogens with one attached hydrogen (secondary N) is 1. The van der Waals surface area contributed by atoms with Gasteiger partial charge in [-0.3, -0.25) is 0 Å². The minimum Gasteiger partial charge on any atom is -0.372 e. The van der Waals surface area contributed by atoms with E-state index in [2.05, 4.69) is 31.2 Å². The molecule has 0 radical (unpaired) electrons. The normalized spacial score (nSPS) is 11.6. The van der Waals surface area contributed by atoms with Gasteiger partial charge < -0.3 is 5.32 Å². The molecule has 0 unspecified atom stereocenters. The summed E-state index contributed by atoms with van der Waals surface area (Å²) < 4.78 is 27.2. The van der Waals surface area contributed by atoms with Crippen molar-refractivity contribution in [1.82, 2.24) is 9.97 Å². The van der Waals surface area contributed by atoms with Crippen LogP contribution in [-0.2, 0) is 5.41 Å². The summed E-state index contributed by atoms with van der Waals surface area (Å²) in [5.74, 6) is -0.843. The van der Waals surface area contributed by atoms with Crippen LogP contribution >= 0.6 is 15.9 Å². The Morgan fingerprint density at radius 2 is 1.76 bits per heavy atom. The summed E-state index contributed by atoms with van der Waals surface area (Å²) in [6.07, 6.45) is 0. The van der Waals surface area contributed by atoms with Crippen LogP contribution in [0.25, 0.3) is 11.4 Å². The molecular formula is C15H16BrF2N3. The Morgan fingerprint density at radius 1 is 1.10 bits per heavy atom. The van der Waals surface area contributed by atoms with E-state index in [1.807, 2.05) is 20.8 Å². The molecule has 0 saturated heterocycles. The van der Waals surface area contributed by atoms with E-state index in [1.165, 1.54) is 6.07 Å². The molecule has 0 bridgehead atoms. The van der Waals surface area contributed by atoms with Crippen molar-refractivity contribution in [3.05, 3.63) is 40.0 Å². The van der Waals surface area contributed by atoms with E-state index in [0.717, 1.165) is 22.3 Å². The first kappa shape index (κ1) is 15.8. The predicted molar refractivity (Wildman–Crippen MR) is 83.3 cm³/mol. The number of hydrogen-bond acceptors (Lipinski definition) is 3. The second-order valence-electron chi connectivity index (χ2n) is 5.69. The summed E-state index contributed by atoms with van der Waals surface area (Å²) in [7, 11) is 1.74. The van der Waals surface area contributed by atoms with Crippen molar-refractivity contribution in [2.24, 2.45) is 0 Å². The maximum Gasteiger partial charge on any atom is 0.161 e. The highest BCUT2D eigenvalue weighted by molar-refractivity contribution is 9.10. The zero-order valence-corrected chi connectivity index (χ0v) is 13.8. The number of rotatable bonds is 2. The molecule has 1 aromatic carbocycles. The zero-order valence-electron chi connectivity index (χ0n) is 12.3. The van der Waals surface area contributed by atoms with Crippen molar-refractivity contribution >= 4 is 21.7 Å². The van der Waals surface area contributed by atoms with Crippen LogP contribution in [0, 0.1) is 11.6 Å². The van der Waals surface area contributed by atoms with E-state index < -0.39 is 11.6 Å². The number of nitrogens with zero attached hydrogens (tertiary/aromatic N) is 2. The van der Waals surface area contributed by atoms with E-state index >= 15 is 0 Å². The number of hydrogen-bond donors (Lipinski definition) is 1. The van der Waals surface area contributed by atoms with Crippen molar-refractivity contribution in [3.8, 4) is 11.4 Å². The molecule has 0 fully saturated rings. The quantitative estimate of drug-likeness (QED) is 0.860. The number of halogens is 3. The van der Waals surface area contributed by atoms with Gasteiger partial charge in [0, 0.05) is 18.0 Å². The predicted octanol–water partition coefficient (Wildman–Crippen LogP) is 4.52. The van der Waals surface area contributed by atoms with E-state index in [-0.39, 0.29) is 5.41 Å². The van der Waals surface area contributed by atoms with E-state index in [0.29, 0.717) is 17.2 Å². The number of aromatic nitrogens is 2. The molecule has 1 heterocycles. The molecule has 0 amide bonds. The van der Waals surface area contributed by atoms with Gasteiger partial charge in [0.2, 0.25) is 0 Å². The minimum atomic E-state index is -0.915. The first-order valence-electron chi connectivity index (χ1n) is 6.45. The van der Waals surface area contributed by atoms with Gasteiger partial charge in [0.25, 0.3) is 0 Å². The van der Waals surface area contributed by atoms with Gasteiger partial charge in [0.15, 0.2) is 17.5 Å². The zero-order chi connectivity index (χ0) is 15.8. The summed E-state index contributed by atoms with van der Waals surface area (Å²) in [4.78, 5) is 8.85. The van der Waals surface area contributed by atoms with Crippen LogP contribution in [0.1, 0.15) is 26.5 Å². The lowest BCUT2D eigenvalue weighted by Crippen LogP contribution is -2.17. The van der Waals surface area contributed by atoms with E-state index in [4.69, 9.17) is 0 Å². The molecule has 2 aromatic rings. The number of benzene rings is 1. The maximum atomic E-state index is 13.4. The van der Waals surface area contributed by atoms with Crippen LogP contribution in [0.4, 0.5) is 14.6 Å². The van der Waals surface area contributed by atoms with Gasteiger partial charge in [-0.05, 0) is 34.1 Å². The molecular weight excluding hydrogens is 340 g/mol. The molecule has 0 atom stereocenters. The Labute approximate surface area is 131 Å². The molecule has 1 aromatic heterocycles. The molecule has 21 heavy (non-hydrogen) atoms. The lowest BCUT2D eigenvalue weighted by atomic mass is 9.91. The van der Waals surface area contributed by atoms with Gasteiger partial charge in [-0.2, -0.15) is 0 Å². The molecule has 0 aliphatic heterocycles. The summed E-state index contributed by atoms with van der Waals surface area (Å²) in [5, 5.41) is 2.98. The Kier molecular flexibility index (Phi) is 4.27. The highest BCUT2D eigenvalue weighted by Crippen LogP contribution is 2.34. The smallest absolute Gasteiger partial charge is 0.161 e. The molecule has 112 valence electrons. The molecule has 6 heteroatoms. The van der Waals surface area contributed by atoms with Crippen molar-refractivity contribution in [2.75, 3.05) is 12.4 Å². The average Bonchev–Trinajstić information content (AvgIpc) is 2.41. The van der Waals surface area contributed by atoms with Crippen LogP contribution in [-0.4, -0.2) is 17.0 Å². The van der Waals surface area contributed by atoms with Crippen LogP contribution < -0.4 is 5.32 Å². The van der Waals surface area contributed by atoms with Gasteiger partial charge >= 0.3 is 0 Å². The summed E-state index contributed by atoms with van der Waals surface area (Å²) in [5.41, 5.74) is 1.01. The topological polar surface area (TPSA) is 37.8 Å². The Hall–Kier alpha value is -1.56. The van der Waals surface area contributed by atoms with Crippen molar-refractivity contribution < 1.29 is 8.78 Å². The van der Waals surface area contributed by atoms with Gasteiger partial charge in [-0.15, -0.1) is 0 Å². The van der Waals surface area contributed by atoms with Gasteiger partial charge in [-0.1, -0.05) is 20.8 Å². The molecule has 2 rings (SSSR count). The molecule has 0 spiro atoms. The first-order chi connectivity index (χ1) is 9.74. The average molecular weight is 356 g/mol. The fraction of sp³-hybridized carbons (Fsp3) is 0.333. The molecule has 0 saturated carbocycles. The third-order valence-electron chi connectivity index (χ3n) is 2.98. The Bertz CT molecular complexity index is 681. The monoisotopic (exact) mass is 355 g/mol. The summed E-state index contributed by atoms with van der Waals surface area (Å²) in [6.45, 7) is 6.07. The minimum absolute atomic E-state index is 0.222. The third kappa shape index (κ3) is 3.20. The lowest BCUT2D eigenvalue weighted by Gasteiger charge is -2.21. The van der Waals surface area contributed by atoms with Crippen molar-refractivity contribution in [2.45, 2.75) is 26.2 Å². The van der Waals surface area contributed by atoms with Crippen molar-refractivity contribution in [3.63, 3.8) is 0 Å². The highest BCUT2D eigenvalue weighted by atomic mass is 79.9. The molecule has 0 aliphatic rings. The highest BCUT2D eigenvalue weighted by Gasteiger charge is 2.23. The van der Waals surface area contributed by atoms with Crippen LogP contribution in [0.3, 0.4) is 0 Å². The largest absolute Gasteiger partial charge is 0.372 e. The van der Waals surface area contributed by atoms with Gasteiger partial charge in [0.05, 0.1) is 10.2 Å². The van der Waals surface area contributed by atoms with Crippen LogP contribution in [0.2, 0.25) is 0 Å². The fourth-order valence-electron chi connectivity index (χ4n) is 1.87. The molecule has 3 nitrogen and oxygen atoms in total. The molecule has 0 aliphatic carbocycles. The standard InChI is InChI=1S/C15H16BrF2N3/c1-15(2,3)12-11(16)14(19-4)21-13(20-12)8-5-6-9(17)10(18)7-8/h5-7H,1-4H3,(H,19,20,21). The molecule has 1 N–H and O–H groups in total. The fourth-order valence-corrected chi connectivity index (χ4v) is 2.84. The summed E-state index contributed by atoms with van der Waals surface area (Å²) in [6, 6.07) is 3.64. The number of anilines is 1. The Balaban J connectivity index is 2.66. The lowest BCUT2D eigenvalue weighted by molar-refractivity contribution is 0.509. The SMILES string of the molecule is CNc1nc(-c2ccc(F)c(F)c2)nc(C(C)(C)C)c1Br. The second kappa shape index (κ2) is 5.67. The van der Waals surface area contributed by atoms with E-state index in [9.17, 15) is 8.78 Å². The summed E-state index contributed by atoms with van der Waals surface area (Å²) >= 11 is 3.49.